The molecule has 6 heteroatoms. The number of aromatic nitrogens is 3. The number of nitrogens with zero attached hydrogens (tertiary/aromatic N) is 3. The Bertz CT molecular complexity index is 516. The van der Waals surface area contributed by atoms with Gasteiger partial charge in [0.05, 0.1) is 6.54 Å². The van der Waals surface area contributed by atoms with E-state index in [2.05, 4.69) is 15.1 Å². The molecule has 2 rings (SSSR count). The Morgan fingerprint density at radius 2 is 2.33 bits per heavy atom. The highest BCUT2D eigenvalue weighted by Crippen LogP contribution is 2.12. The SMILES string of the molecule is CC(C)c1nc(CN(C)C(=O)c2ccc[nH]2)no1. The molecular formula is C12H16N4O2. The number of nitrogens with one attached hydrogen (secondary N) is 1. The quantitative estimate of drug-likeness (QED) is 0.895. The largest absolute Gasteiger partial charge is 0.357 e. The number of hydrogen-bond donors (Lipinski definition) is 1. The summed E-state index contributed by atoms with van der Waals surface area (Å²) in [5, 5.41) is 3.85. The van der Waals surface area contributed by atoms with Crippen LogP contribution in [0.3, 0.4) is 0 Å². The van der Waals surface area contributed by atoms with Gasteiger partial charge >= 0.3 is 0 Å². The molecule has 0 radical (unpaired) electrons. The molecule has 2 aromatic heterocycles. The highest BCUT2D eigenvalue weighted by molar-refractivity contribution is 5.92. The summed E-state index contributed by atoms with van der Waals surface area (Å²) >= 11 is 0. The van der Waals surface area contributed by atoms with Crippen molar-refractivity contribution in [2.75, 3.05) is 7.05 Å². The molecule has 0 fully saturated rings. The van der Waals surface area contributed by atoms with E-state index < -0.39 is 0 Å². The van der Waals surface area contributed by atoms with Crippen LogP contribution in [0.1, 0.15) is 42.0 Å². The van der Waals surface area contributed by atoms with Gasteiger partial charge in [-0.15, -0.1) is 0 Å². The van der Waals surface area contributed by atoms with Crippen LogP contribution in [0.2, 0.25) is 0 Å². The zero-order valence-corrected chi connectivity index (χ0v) is 10.7. The third-order valence-corrected chi connectivity index (χ3v) is 2.53. The molecule has 1 N–H and O–H groups in total. The van der Waals surface area contributed by atoms with E-state index in [4.69, 9.17) is 4.52 Å². The van der Waals surface area contributed by atoms with Crippen molar-refractivity contribution in [1.82, 2.24) is 20.0 Å². The van der Waals surface area contributed by atoms with Gasteiger partial charge in [0.15, 0.2) is 5.82 Å². The molecule has 0 spiro atoms. The monoisotopic (exact) mass is 248 g/mol. The van der Waals surface area contributed by atoms with E-state index in [1.165, 1.54) is 0 Å². The Morgan fingerprint density at radius 3 is 2.89 bits per heavy atom. The minimum atomic E-state index is -0.101. The predicted molar refractivity (Wildman–Crippen MR) is 65.0 cm³/mol. The average molecular weight is 248 g/mol. The van der Waals surface area contributed by atoms with Crippen LogP contribution < -0.4 is 0 Å². The van der Waals surface area contributed by atoms with Crippen LogP contribution in [0, 0.1) is 0 Å². The second-order valence-electron chi connectivity index (χ2n) is 4.45. The van der Waals surface area contributed by atoms with E-state index in [1.54, 1.807) is 30.3 Å². The lowest BCUT2D eigenvalue weighted by Crippen LogP contribution is -2.27. The average Bonchev–Trinajstić information content (AvgIpc) is 2.98. The molecule has 0 aliphatic heterocycles. The first-order chi connectivity index (χ1) is 8.58. The Balaban J connectivity index is 2.02. The van der Waals surface area contributed by atoms with E-state index in [-0.39, 0.29) is 11.8 Å². The fourth-order valence-electron chi connectivity index (χ4n) is 1.52. The molecule has 0 saturated heterocycles. The van der Waals surface area contributed by atoms with Gasteiger partial charge in [0.25, 0.3) is 5.91 Å². The van der Waals surface area contributed by atoms with Crippen LogP contribution in [-0.4, -0.2) is 33.0 Å². The van der Waals surface area contributed by atoms with Gasteiger partial charge in [0.2, 0.25) is 5.89 Å². The Labute approximate surface area is 105 Å². The van der Waals surface area contributed by atoms with Crippen molar-refractivity contribution in [3.8, 4) is 0 Å². The van der Waals surface area contributed by atoms with E-state index in [0.29, 0.717) is 24.0 Å². The van der Waals surface area contributed by atoms with Crippen molar-refractivity contribution in [2.45, 2.75) is 26.3 Å². The minimum absolute atomic E-state index is 0.101. The van der Waals surface area contributed by atoms with Crippen molar-refractivity contribution in [3.05, 3.63) is 35.7 Å². The Morgan fingerprint density at radius 1 is 1.56 bits per heavy atom. The highest BCUT2D eigenvalue weighted by atomic mass is 16.5. The van der Waals surface area contributed by atoms with Crippen molar-refractivity contribution in [3.63, 3.8) is 0 Å². The molecule has 0 aliphatic carbocycles. The zero-order chi connectivity index (χ0) is 13.1. The number of carbonyl (C=O) groups excluding carboxylic acids is 1. The van der Waals surface area contributed by atoms with Gasteiger partial charge in [0, 0.05) is 19.2 Å². The maximum absolute atomic E-state index is 12.0. The van der Waals surface area contributed by atoms with E-state index >= 15 is 0 Å². The molecule has 0 aromatic carbocycles. The van der Waals surface area contributed by atoms with Crippen LogP contribution in [0.25, 0.3) is 0 Å². The van der Waals surface area contributed by atoms with Crippen LogP contribution in [0.4, 0.5) is 0 Å². The summed E-state index contributed by atoms with van der Waals surface area (Å²) in [4.78, 5) is 20.6. The summed E-state index contributed by atoms with van der Waals surface area (Å²) in [6, 6.07) is 3.51. The fraction of sp³-hybridized carbons (Fsp3) is 0.417. The number of hydrogen-bond acceptors (Lipinski definition) is 4. The highest BCUT2D eigenvalue weighted by Gasteiger charge is 2.16. The lowest BCUT2D eigenvalue weighted by molar-refractivity contribution is 0.0775. The number of H-pyrrole nitrogens is 1. The van der Waals surface area contributed by atoms with Gasteiger partial charge in [-0.3, -0.25) is 4.79 Å². The molecule has 2 aromatic rings. The molecule has 18 heavy (non-hydrogen) atoms. The first kappa shape index (κ1) is 12.3. The Hall–Kier alpha value is -2.11. The molecule has 1 amide bonds. The molecular weight excluding hydrogens is 232 g/mol. The summed E-state index contributed by atoms with van der Waals surface area (Å²) in [6.45, 7) is 4.28. The first-order valence-corrected chi connectivity index (χ1v) is 5.79. The molecule has 0 saturated carbocycles. The van der Waals surface area contributed by atoms with Gasteiger partial charge in [0.1, 0.15) is 5.69 Å². The lowest BCUT2D eigenvalue weighted by atomic mass is 10.2. The third-order valence-electron chi connectivity index (χ3n) is 2.53. The number of carbonyl (C=O) groups is 1. The van der Waals surface area contributed by atoms with Crippen molar-refractivity contribution in [1.29, 1.82) is 0 Å². The molecule has 0 atom stereocenters. The third kappa shape index (κ3) is 2.58. The standard InChI is InChI=1S/C12H16N4O2/c1-8(2)11-14-10(15-18-11)7-16(3)12(17)9-5-4-6-13-9/h4-6,8,13H,7H2,1-3H3. The minimum Gasteiger partial charge on any atom is -0.357 e. The zero-order valence-electron chi connectivity index (χ0n) is 10.7. The van der Waals surface area contributed by atoms with Gasteiger partial charge in [-0.25, -0.2) is 0 Å². The topological polar surface area (TPSA) is 75.0 Å². The van der Waals surface area contributed by atoms with Crippen LogP contribution in [0.5, 0.6) is 0 Å². The molecule has 96 valence electrons. The van der Waals surface area contributed by atoms with Crippen molar-refractivity contribution in [2.24, 2.45) is 0 Å². The van der Waals surface area contributed by atoms with Gasteiger partial charge in [-0.1, -0.05) is 19.0 Å². The predicted octanol–water partition coefficient (Wildman–Crippen LogP) is 1.79. The molecule has 2 heterocycles. The second kappa shape index (κ2) is 5.03. The van der Waals surface area contributed by atoms with Crippen LogP contribution in [0.15, 0.2) is 22.9 Å². The maximum atomic E-state index is 12.0. The van der Waals surface area contributed by atoms with Crippen LogP contribution >= 0.6 is 0 Å². The number of amides is 1. The lowest BCUT2D eigenvalue weighted by Gasteiger charge is -2.13. The normalized spacial score (nSPS) is 10.9. The summed E-state index contributed by atoms with van der Waals surface area (Å²) < 4.78 is 5.09. The van der Waals surface area contributed by atoms with Crippen LogP contribution in [-0.2, 0) is 6.54 Å². The smallest absolute Gasteiger partial charge is 0.270 e. The Kier molecular flexibility index (Phi) is 3.45. The molecule has 0 bridgehead atoms. The fourth-order valence-corrected chi connectivity index (χ4v) is 1.52. The van der Waals surface area contributed by atoms with E-state index in [1.807, 2.05) is 13.8 Å². The number of aromatic amines is 1. The van der Waals surface area contributed by atoms with E-state index in [0.717, 1.165) is 0 Å². The maximum Gasteiger partial charge on any atom is 0.270 e. The second-order valence-corrected chi connectivity index (χ2v) is 4.45. The summed E-state index contributed by atoms with van der Waals surface area (Å²) in [5.74, 6) is 1.19. The molecule has 6 nitrogen and oxygen atoms in total. The molecule has 0 aliphatic rings. The van der Waals surface area contributed by atoms with E-state index in [9.17, 15) is 4.79 Å². The molecule has 0 unspecified atom stereocenters. The summed E-state index contributed by atoms with van der Waals surface area (Å²) in [5.41, 5.74) is 0.546. The summed E-state index contributed by atoms with van der Waals surface area (Å²) in [6.07, 6.45) is 1.71. The number of rotatable bonds is 4. The van der Waals surface area contributed by atoms with Gasteiger partial charge < -0.3 is 14.4 Å². The first-order valence-electron chi connectivity index (χ1n) is 5.79. The van der Waals surface area contributed by atoms with Gasteiger partial charge in [-0.2, -0.15) is 4.98 Å². The van der Waals surface area contributed by atoms with Crippen molar-refractivity contribution < 1.29 is 9.32 Å². The van der Waals surface area contributed by atoms with Gasteiger partial charge in [-0.05, 0) is 12.1 Å². The van der Waals surface area contributed by atoms with Crippen molar-refractivity contribution >= 4 is 5.91 Å². The summed E-state index contributed by atoms with van der Waals surface area (Å²) in [7, 11) is 1.70.